The number of para-hydroxylation sites is 1. The Hall–Kier alpha value is -2.30. The summed E-state index contributed by atoms with van der Waals surface area (Å²) < 4.78 is 46.9. The summed E-state index contributed by atoms with van der Waals surface area (Å²) >= 11 is 1.64. The summed E-state index contributed by atoms with van der Waals surface area (Å²) in [5, 5.41) is 1.02. The molecule has 5 rings (SSSR count). The van der Waals surface area contributed by atoms with E-state index in [2.05, 4.69) is 25.1 Å². The van der Waals surface area contributed by atoms with Gasteiger partial charge in [0.2, 0.25) is 15.8 Å². The van der Waals surface area contributed by atoms with E-state index in [0.717, 1.165) is 45.1 Å². The number of ether oxygens (including phenoxy) is 3. The lowest BCUT2D eigenvalue weighted by molar-refractivity contribution is -0.147. The average molecular weight is 557 g/mol. The second kappa shape index (κ2) is 10.7. The lowest BCUT2D eigenvalue weighted by Gasteiger charge is -2.24. The number of aryl methyl sites for hydroxylation is 2. The Morgan fingerprint density at radius 1 is 1.13 bits per heavy atom. The minimum absolute atomic E-state index is 0.0880. The van der Waals surface area contributed by atoms with Crippen LogP contribution in [0.1, 0.15) is 71.8 Å². The molecule has 3 aromatic rings. The first-order valence-electron chi connectivity index (χ1n) is 13.3. The molecule has 0 radical (unpaired) electrons. The lowest BCUT2D eigenvalue weighted by atomic mass is 9.93. The number of thiazole rings is 1. The maximum atomic E-state index is 13.7. The largest absolute Gasteiger partial charge is 0.488 e. The van der Waals surface area contributed by atoms with Crippen molar-refractivity contribution in [3.8, 4) is 5.75 Å². The quantitative estimate of drug-likeness (QED) is 0.362. The van der Waals surface area contributed by atoms with E-state index in [-0.39, 0.29) is 23.5 Å². The Morgan fingerprint density at radius 2 is 1.87 bits per heavy atom. The molecule has 0 saturated carbocycles. The molecule has 2 atom stereocenters. The van der Waals surface area contributed by atoms with Crippen molar-refractivity contribution in [2.75, 3.05) is 19.8 Å². The van der Waals surface area contributed by atoms with E-state index in [1.165, 1.54) is 0 Å². The Balaban J connectivity index is 1.48. The van der Waals surface area contributed by atoms with Crippen LogP contribution in [0.2, 0.25) is 0 Å². The van der Waals surface area contributed by atoms with Crippen molar-refractivity contribution in [1.29, 1.82) is 0 Å². The van der Waals surface area contributed by atoms with Crippen LogP contribution in [-0.4, -0.2) is 43.6 Å². The molecule has 204 valence electrons. The molecule has 1 aromatic heterocycles. The van der Waals surface area contributed by atoms with Gasteiger partial charge in [0.25, 0.3) is 0 Å². The first kappa shape index (κ1) is 27.3. The van der Waals surface area contributed by atoms with Crippen molar-refractivity contribution >= 4 is 21.4 Å². The van der Waals surface area contributed by atoms with Gasteiger partial charge in [-0.3, -0.25) is 0 Å². The third-order valence-corrected chi connectivity index (χ3v) is 10.8. The molecular formula is C29H36N2O5S2. The highest BCUT2D eigenvalue weighted by molar-refractivity contribution is 7.89. The molecule has 0 N–H and O–H groups in total. The number of benzene rings is 2. The second-order valence-electron chi connectivity index (χ2n) is 10.1. The molecule has 3 heterocycles. The molecule has 1 fully saturated rings. The highest BCUT2D eigenvalue weighted by atomic mass is 32.2. The number of sulfonamides is 1. The number of fused-ring (bicyclic) bond motifs is 1. The first-order chi connectivity index (χ1) is 18.2. The number of hydrogen-bond acceptors (Lipinski definition) is 7. The topological polar surface area (TPSA) is 78.0 Å². The van der Waals surface area contributed by atoms with Crippen molar-refractivity contribution < 1.29 is 22.6 Å². The van der Waals surface area contributed by atoms with E-state index in [1.54, 1.807) is 33.8 Å². The molecule has 9 heteroatoms. The smallest absolute Gasteiger partial charge is 0.247 e. The molecular weight excluding hydrogens is 520 g/mol. The van der Waals surface area contributed by atoms with E-state index in [4.69, 9.17) is 19.2 Å². The summed E-state index contributed by atoms with van der Waals surface area (Å²) in [5.74, 6) is -0.228. The fourth-order valence-corrected chi connectivity index (χ4v) is 8.16. The standard InChI is InChI=1S/C29H36N2O5S2/c1-6-23-18-31(38(32,33)26-11-9-8-10-25(26)36-23)17-22-16-21(13-12-19(22)3)24(7-2)28-30-20(4)27(37-28)29(5)34-14-15-35-29/h8-13,16,23-24H,6-7,14-15,17-18H2,1-5H3/t23-,24?/m1/s1. The van der Waals surface area contributed by atoms with Crippen LogP contribution >= 0.6 is 11.3 Å². The predicted octanol–water partition coefficient (Wildman–Crippen LogP) is 5.88. The highest BCUT2D eigenvalue weighted by Gasteiger charge is 2.38. The highest BCUT2D eigenvalue weighted by Crippen LogP contribution is 2.41. The molecule has 0 aliphatic carbocycles. The van der Waals surface area contributed by atoms with Crippen LogP contribution in [0.15, 0.2) is 47.4 Å². The van der Waals surface area contributed by atoms with E-state index in [1.807, 2.05) is 33.8 Å². The van der Waals surface area contributed by atoms with E-state index >= 15 is 0 Å². The van der Waals surface area contributed by atoms with Crippen molar-refractivity contribution in [2.45, 2.75) is 76.7 Å². The molecule has 2 aromatic carbocycles. The van der Waals surface area contributed by atoms with Crippen LogP contribution in [0.3, 0.4) is 0 Å². The lowest BCUT2D eigenvalue weighted by Crippen LogP contribution is -2.36. The minimum Gasteiger partial charge on any atom is -0.488 e. The minimum atomic E-state index is -3.72. The van der Waals surface area contributed by atoms with Crippen molar-refractivity contribution in [3.05, 3.63) is 74.7 Å². The molecule has 7 nitrogen and oxygen atoms in total. The van der Waals surface area contributed by atoms with Gasteiger partial charge in [-0.15, -0.1) is 11.3 Å². The van der Waals surface area contributed by atoms with Crippen molar-refractivity contribution in [3.63, 3.8) is 0 Å². The molecule has 0 spiro atoms. The summed E-state index contributed by atoms with van der Waals surface area (Å²) in [6, 6.07) is 13.3. The summed E-state index contributed by atoms with van der Waals surface area (Å²) in [6.45, 7) is 11.9. The number of nitrogens with zero attached hydrogens (tertiary/aromatic N) is 2. The van der Waals surface area contributed by atoms with Crippen LogP contribution in [0.25, 0.3) is 0 Å². The van der Waals surface area contributed by atoms with E-state index in [0.29, 0.717) is 25.5 Å². The summed E-state index contributed by atoms with van der Waals surface area (Å²) in [5.41, 5.74) is 4.10. The molecule has 0 bridgehead atoms. The zero-order valence-electron chi connectivity index (χ0n) is 22.7. The van der Waals surface area contributed by atoms with Gasteiger partial charge in [0.15, 0.2) is 0 Å². The SMILES string of the molecule is CCC(c1ccc(C)c(CN2C[C@@H](CC)Oc3ccccc3S2(=O)=O)c1)c1nc(C)c(C2(C)OCCO2)s1. The van der Waals surface area contributed by atoms with Gasteiger partial charge in [0, 0.05) is 12.5 Å². The van der Waals surface area contributed by atoms with Crippen LogP contribution < -0.4 is 4.74 Å². The maximum Gasteiger partial charge on any atom is 0.247 e. The Kier molecular flexibility index (Phi) is 7.68. The zero-order chi connectivity index (χ0) is 27.1. The van der Waals surface area contributed by atoms with Crippen LogP contribution in [0.5, 0.6) is 5.75 Å². The normalized spacial score (nSPS) is 21.4. The fourth-order valence-electron chi connectivity index (χ4n) is 5.26. The van der Waals surface area contributed by atoms with Gasteiger partial charge in [-0.1, -0.05) is 44.2 Å². The van der Waals surface area contributed by atoms with Gasteiger partial charge in [-0.05, 0) is 62.4 Å². The average Bonchev–Trinajstić information content (AvgIpc) is 3.49. The predicted molar refractivity (Wildman–Crippen MR) is 148 cm³/mol. The summed E-state index contributed by atoms with van der Waals surface area (Å²) in [6.07, 6.45) is 1.38. The van der Waals surface area contributed by atoms with Gasteiger partial charge in [0.05, 0.1) is 30.3 Å². The van der Waals surface area contributed by atoms with Crippen molar-refractivity contribution in [2.24, 2.45) is 0 Å². The third-order valence-electron chi connectivity index (χ3n) is 7.52. The molecule has 1 saturated heterocycles. The number of hydrogen-bond donors (Lipinski definition) is 0. The summed E-state index contributed by atoms with van der Waals surface area (Å²) in [4.78, 5) is 6.17. The maximum absolute atomic E-state index is 13.7. The van der Waals surface area contributed by atoms with Gasteiger partial charge >= 0.3 is 0 Å². The summed E-state index contributed by atoms with van der Waals surface area (Å²) in [7, 11) is -3.72. The third kappa shape index (κ3) is 5.02. The van der Waals surface area contributed by atoms with Crippen LogP contribution in [0, 0.1) is 13.8 Å². The molecule has 2 aliphatic heterocycles. The van der Waals surface area contributed by atoms with Gasteiger partial charge < -0.3 is 14.2 Å². The second-order valence-corrected chi connectivity index (χ2v) is 13.1. The molecule has 0 amide bonds. The molecule has 1 unspecified atom stereocenters. The molecule has 38 heavy (non-hydrogen) atoms. The Labute approximate surface area is 229 Å². The van der Waals surface area contributed by atoms with Gasteiger partial charge in [0.1, 0.15) is 21.8 Å². The first-order valence-corrected chi connectivity index (χ1v) is 15.5. The molecule has 2 aliphatic rings. The Morgan fingerprint density at radius 3 is 2.58 bits per heavy atom. The fraction of sp³-hybridized carbons (Fsp3) is 0.483. The van der Waals surface area contributed by atoms with Gasteiger partial charge in [-0.2, -0.15) is 4.31 Å². The van der Waals surface area contributed by atoms with E-state index < -0.39 is 15.8 Å². The number of rotatable bonds is 7. The monoisotopic (exact) mass is 556 g/mol. The van der Waals surface area contributed by atoms with Crippen LogP contribution in [0.4, 0.5) is 0 Å². The van der Waals surface area contributed by atoms with E-state index in [9.17, 15) is 8.42 Å². The number of aromatic nitrogens is 1. The van der Waals surface area contributed by atoms with Crippen molar-refractivity contribution in [1.82, 2.24) is 9.29 Å². The zero-order valence-corrected chi connectivity index (χ0v) is 24.3. The Bertz CT molecular complexity index is 1410. The van der Waals surface area contributed by atoms with Crippen LogP contribution in [-0.2, 0) is 31.8 Å². The van der Waals surface area contributed by atoms with Gasteiger partial charge in [-0.25, -0.2) is 13.4 Å².